The molecule has 364 valence electrons. The fraction of sp³-hybridized carbons (Fsp3) is 0.566. The van der Waals surface area contributed by atoms with Crippen LogP contribution in [-0.2, 0) is 25.5 Å². The molecule has 0 aromatic heterocycles. The van der Waals surface area contributed by atoms with E-state index in [-0.39, 0.29) is 64.5 Å². The summed E-state index contributed by atoms with van der Waals surface area (Å²) in [6.45, 7) is 18.2. The standard InChI is InChI=1S/C53H69ClN8O6/c1-50(2)47(51(3,4)48(50)68-38-13-9-33(25-55)42(54)24-38)59-45(63)34-26-57-49(58-27-34)62-21-18-32(19-22-62)28-61(8)53(30-66-31-53)35-10-14-37(15-11-35)67-43-16-12-36(52(5,6)65)23-40(43)41-29-60(7)46(64)44-39(41)17-20-56-44/h9-16,23-24,29,32,34,39,44,47-49,56-58,65H,17-22,26-28,30-31H2,1-8H3,(H,59,63). The van der Waals surface area contributed by atoms with Crippen molar-refractivity contribution in [3.8, 4) is 23.3 Å². The van der Waals surface area contributed by atoms with E-state index in [9.17, 15) is 20.0 Å². The zero-order valence-corrected chi connectivity index (χ0v) is 41.6. The molecule has 5 N–H and O–H groups in total. The summed E-state index contributed by atoms with van der Waals surface area (Å²) in [4.78, 5) is 33.3. The molecule has 4 saturated heterocycles. The van der Waals surface area contributed by atoms with E-state index in [0.717, 1.165) is 62.1 Å². The lowest BCUT2D eigenvalue weighted by Crippen LogP contribution is -2.75. The molecule has 1 aliphatic carbocycles. The Hall–Kier alpha value is -4.56. The summed E-state index contributed by atoms with van der Waals surface area (Å²) in [6, 6.07) is 21.1. The van der Waals surface area contributed by atoms with Crippen LogP contribution in [0.5, 0.6) is 17.2 Å². The Bertz CT molecular complexity index is 2430. The zero-order valence-electron chi connectivity index (χ0n) is 40.8. The number of carbonyl (C=O) groups excluding carboxylic acids is 2. The summed E-state index contributed by atoms with van der Waals surface area (Å²) in [7, 11) is 4.02. The Morgan fingerprint density at radius 3 is 2.28 bits per heavy atom. The molecule has 68 heavy (non-hydrogen) atoms. The van der Waals surface area contributed by atoms with Crippen LogP contribution in [0.15, 0.2) is 66.9 Å². The topological polar surface area (TPSA) is 164 Å². The second-order valence-electron chi connectivity index (χ2n) is 21.9. The lowest BCUT2D eigenvalue weighted by Gasteiger charge is -2.63. The number of likely N-dealkylation sites (N-methyl/N-ethyl adjacent to an activating group) is 2. The van der Waals surface area contributed by atoms with Crippen molar-refractivity contribution in [3.05, 3.63) is 94.1 Å². The fourth-order valence-corrected chi connectivity index (χ4v) is 12.4. The normalized spacial score (nSPS) is 27.9. The van der Waals surface area contributed by atoms with E-state index >= 15 is 0 Å². The minimum atomic E-state index is -1.04. The number of hydrogen-bond acceptors (Lipinski definition) is 12. The van der Waals surface area contributed by atoms with Crippen LogP contribution in [0.3, 0.4) is 0 Å². The van der Waals surface area contributed by atoms with Crippen molar-refractivity contribution >= 4 is 29.0 Å². The van der Waals surface area contributed by atoms with E-state index in [1.807, 2.05) is 36.5 Å². The maximum absolute atomic E-state index is 13.7. The summed E-state index contributed by atoms with van der Waals surface area (Å²) >= 11 is 6.29. The Morgan fingerprint density at radius 2 is 1.66 bits per heavy atom. The number of nitrogens with zero attached hydrogens (tertiary/aromatic N) is 4. The minimum absolute atomic E-state index is 0.0235. The lowest BCUT2D eigenvalue weighted by molar-refractivity contribution is -0.174. The number of hydrogen-bond donors (Lipinski definition) is 5. The van der Waals surface area contributed by atoms with Gasteiger partial charge in [-0.1, -0.05) is 57.5 Å². The van der Waals surface area contributed by atoms with Gasteiger partial charge in [0.2, 0.25) is 11.8 Å². The number of benzene rings is 3. The monoisotopic (exact) mass is 949 g/mol. The molecule has 3 aromatic carbocycles. The summed E-state index contributed by atoms with van der Waals surface area (Å²) in [6.07, 6.45) is 4.80. The van der Waals surface area contributed by atoms with E-state index in [1.165, 1.54) is 5.56 Å². The molecule has 0 spiro atoms. The molecular weight excluding hydrogens is 880 g/mol. The number of carbonyl (C=O) groups is 2. The lowest BCUT2D eigenvalue weighted by atomic mass is 9.49. The molecule has 2 amide bonds. The zero-order chi connectivity index (χ0) is 48.3. The second-order valence-corrected chi connectivity index (χ2v) is 22.3. The molecule has 5 aliphatic heterocycles. The number of fused-ring (bicyclic) bond motifs is 1. The Morgan fingerprint density at radius 1 is 0.985 bits per heavy atom. The summed E-state index contributed by atoms with van der Waals surface area (Å²) in [5.74, 6) is 2.49. The van der Waals surface area contributed by atoms with Crippen LogP contribution in [0.2, 0.25) is 5.02 Å². The molecule has 1 saturated carbocycles. The Kier molecular flexibility index (Phi) is 13.3. The number of likely N-dealkylation sites (tertiary alicyclic amines) is 1. The molecule has 0 bridgehead atoms. The maximum Gasteiger partial charge on any atom is 0.244 e. The van der Waals surface area contributed by atoms with Crippen LogP contribution in [-0.4, -0.2) is 123 Å². The second kappa shape index (κ2) is 18.6. The van der Waals surface area contributed by atoms with E-state index in [4.69, 9.17) is 25.8 Å². The van der Waals surface area contributed by atoms with Crippen molar-refractivity contribution in [2.75, 3.05) is 66.6 Å². The third-order valence-electron chi connectivity index (χ3n) is 16.1. The number of nitrogens with one attached hydrogen (secondary N) is 4. The van der Waals surface area contributed by atoms with Gasteiger partial charge in [-0.25, -0.2) is 0 Å². The number of rotatable bonds is 13. The summed E-state index contributed by atoms with van der Waals surface area (Å²) < 4.78 is 19.0. The number of ether oxygens (including phenoxy) is 3. The minimum Gasteiger partial charge on any atom is -0.489 e. The van der Waals surface area contributed by atoms with E-state index < -0.39 is 5.60 Å². The maximum atomic E-state index is 13.7. The van der Waals surface area contributed by atoms with Gasteiger partial charge in [-0.05, 0) is 106 Å². The van der Waals surface area contributed by atoms with E-state index in [1.54, 1.807) is 44.0 Å². The smallest absolute Gasteiger partial charge is 0.244 e. The predicted octanol–water partition coefficient (Wildman–Crippen LogP) is 5.98. The summed E-state index contributed by atoms with van der Waals surface area (Å²) in [5, 5.41) is 34.6. The van der Waals surface area contributed by atoms with Crippen molar-refractivity contribution in [1.29, 1.82) is 5.26 Å². The highest BCUT2D eigenvalue weighted by molar-refractivity contribution is 6.31. The molecule has 14 nitrogen and oxygen atoms in total. The van der Waals surface area contributed by atoms with Gasteiger partial charge in [0.25, 0.3) is 0 Å². The average molecular weight is 950 g/mol. The van der Waals surface area contributed by atoms with Crippen molar-refractivity contribution in [1.82, 2.24) is 36.0 Å². The number of amides is 2. The van der Waals surface area contributed by atoms with Crippen LogP contribution in [0.4, 0.5) is 0 Å². The van der Waals surface area contributed by atoms with E-state index in [2.05, 4.69) is 84.0 Å². The molecule has 0 radical (unpaired) electrons. The Labute approximate surface area is 406 Å². The average Bonchev–Trinajstić information content (AvgIpc) is 3.79. The van der Waals surface area contributed by atoms with Gasteiger partial charge in [-0.2, -0.15) is 5.26 Å². The first-order valence-corrected chi connectivity index (χ1v) is 24.7. The van der Waals surface area contributed by atoms with Crippen LogP contribution >= 0.6 is 11.6 Å². The highest BCUT2D eigenvalue weighted by atomic mass is 35.5. The van der Waals surface area contributed by atoms with Crippen molar-refractivity contribution in [2.45, 2.75) is 96.4 Å². The van der Waals surface area contributed by atoms with Crippen molar-refractivity contribution < 1.29 is 28.9 Å². The molecule has 6 aliphatic rings. The third kappa shape index (κ3) is 9.05. The highest BCUT2D eigenvalue weighted by Crippen LogP contribution is 2.56. The first-order chi connectivity index (χ1) is 32.3. The van der Waals surface area contributed by atoms with Crippen LogP contribution in [0.25, 0.3) is 5.57 Å². The summed E-state index contributed by atoms with van der Waals surface area (Å²) in [5.41, 5.74) is 2.40. The number of nitriles is 1. The van der Waals surface area contributed by atoms with E-state index in [0.29, 0.717) is 60.1 Å². The van der Waals surface area contributed by atoms with Crippen molar-refractivity contribution in [3.63, 3.8) is 0 Å². The highest BCUT2D eigenvalue weighted by Gasteiger charge is 2.64. The van der Waals surface area contributed by atoms with Gasteiger partial charge >= 0.3 is 0 Å². The molecule has 2 atom stereocenters. The van der Waals surface area contributed by atoms with Gasteiger partial charge in [-0.15, -0.1) is 0 Å². The van der Waals surface area contributed by atoms with Crippen LogP contribution < -0.4 is 30.7 Å². The van der Waals surface area contributed by atoms with Gasteiger partial charge in [0.15, 0.2) is 0 Å². The van der Waals surface area contributed by atoms with Gasteiger partial charge < -0.3 is 34.9 Å². The predicted molar refractivity (Wildman–Crippen MR) is 262 cm³/mol. The van der Waals surface area contributed by atoms with Crippen LogP contribution in [0.1, 0.15) is 83.1 Å². The van der Waals surface area contributed by atoms with Gasteiger partial charge in [0.05, 0.1) is 46.9 Å². The molecule has 2 unspecified atom stereocenters. The first kappa shape index (κ1) is 48.5. The Balaban J connectivity index is 0.764. The number of piperidine rings is 1. The molecular formula is C53H69ClN8O6. The fourth-order valence-electron chi connectivity index (χ4n) is 12.1. The quantitative estimate of drug-likeness (QED) is 0.137. The number of halogens is 1. The first-order valence-electron chi connectivity index (χ1n) is 24.3. The molecule has 15 heteroatoms. The molecule has 3 aromatic rings. The number of aliphatic hydroxyl groups is 1. The van der Waals surface area contributed by atoms with Gasteiger partial charge in [0, 0.05) is 80.4 Å². The largest absolute Gasteiger partial charge is 0.489 e. The molecule has 5 fully saturated rings. The third-order valence-corrected chi connectivity index (χ3v) is 16.4. The van der Waals surface area contributed by atoms with Crippen molar-refractivity contribution in [2.24, 2.45) is 28.6 Å². The van der Waals surface area contributed by atoms with Crippen LogP contribution in [0, 0.1) is 39.9 Å². The molecule has 9 rings (SSSR count). The molecule has 5 heterocycles. The van der Waals surface area contributed by atoms with Gasteiger partial charge in [-0.3, -0.25) is 30.0 Å². The SMILES string of the molecule is CN1C=C(c2cc(C(C)(C)O)ccc2Oc2ccc(C3(N(C)CC4CCN(C5NCC(C(=O)NC6C(C)(C)C(Oc7ccc(C#N)c(Cl)c7)C6(C)C)CN5)CC4)COC3)cc2)C2CCNC2C1=O. The van der Waals surface area contributed by atoms with Gasteiger partial charge in [0.1, 0.15) is 35.7 Å².